The van der Waals surface area contributed by atoms with Crippen molar-refractivity contribution in [1.29, 1.82) is 0 Å². The minimum atomic E-state index is 0.134. The third kappa shape index (κ3) is 4.89. The number of aliphatic hydroxyl groups excluding tert-OH is 1. The Labute approximate surface area is 123 Å². The quantitative estimate of drug-likeness (QED) is 0.801. The zero-order valence-electron chi connectivity index (χ0n) is 12.6. The van der Waals surface area contributed by atoms with Gasteiger partial charge in [-0.25, -0.2) is 0 Å². The molecule has 0 radical (unpaired) electrons. The smallest absolute Gasteiger partial charge is 0.0681 e. The number of rotatable bonds is 7. The van der Waals surface area contributed by atoms with E-state index >= 15 is 0 Å². The summed E-state index contributed by atoms with van der Waals surface area (Å²) < 4.78 is 0. The standard InChI is InChI=1S/C17H28N2O/c1-2-11-19-12-8-17(9-13-19)18-10-7-15-3-5-16(14-20)6-4-15/h3-6,17-18,20H,2,7-14H2,1H3. The van der Waals surface area contributed by atoms with Crippen LogP contribution in [0.4, 0.5) is 0 Å². The van der Waals surface area contributed by atoms with Gasteiger partial charge < -0.3 is 15.3 Å². The topological polar surface area (TPSA) is 35.5 Å². The molecule has 0 bridgehead atoms. The summed E-state index contributed by atoms with van der Waals surface area (Å²) in [4.78, 5) is 2.58. The molecule has 1 aromatic rings. The highest BCUT2D eigenvalue weighted by molar-refractivity contribution is 5.22. The first kappa shape index (κ1) is 15.5. The number of likely N-dealkylation sites (tertiary alicyclic amines) is 1. The van der Waals surface area contributed by atoms with Crippen molar-refractivity contribution < 1.29 is 5.11 Å². The lowest BCUT2D eigenvalue weighted by Gasteiger charge is -2.32. The van der Waals surface area contributed by atoms with E-state index < -0.39 is 0 Å². The van der Waals surface area contributed by atoms with E-state index in [4.69, 9.17) is 5.11 Å². The van der Waals surface area contributed by atoms with Gasteiger partial charge in [0.05, 0.1) is 6.61 Å². The highest BCUT2D eigenvalue weighted by Gasteiger charge is 2.17. The summed E-state index contributed by atoms with van der Waals surface area (Å²) in [5.74, 6) is 0. The van der Waals surface area contributed by atoms with Gasteiger partial charge in [-0.3, -0.25) is 0 Å². The number of hydrogen-bond donors (Lipinski definition) is 2. The van der Waals surface area contributed by atoms with Gasteiger partial charge in [0.15, 0.2) is 0 Å². The van der Waals surface area contributed by atoms with Crippen LogP contribution in [0.3, 0.4) is 0 Å². The van der Waals surface area contributed by atoms with Crippen molar-refractivity contribution in [2.75, 3.05) is 26.2 Å². The lowest BCUT2D eigenvalue weighted by Crippen LogP contribution is -2.43. The van der Waals surface area contributed by atoms with Crippen molar-refractivity contribution in [3.8, 4) is 0 Å². The molecule has 0 aliphatic carbocycles. The van der Waals surface area contributed by atoms with Crippen molar-refractivity contribution in [1.82, 2.24) is 10.2 Å². The van der Waals surface area contributed by atoms with Crippen LogP contribution in [0.2, 0.25) is 0 Å². The predicted octanol–water partition coefficient (Wildman–Crippen LogP) is 2.19. The molecule has 0 unspecified atom stereocenters. The van der Waals surface area contributed by atoms with Gasteiger partial charge in [-0.15, -0.1) is 0 Å². The van der Waals surface area contributed by atoms with Gasteiger partial charge in [-0.1, -0.05) is 31.2 Å². The van der Waals surface area contributed by atoms with E-state index in [1.165, 1.54) is 44.5 Å². The summed E-state index contributed by atoms with van der Waals surface area (Å²) in [6.45, 7) is 7.19. The minimum Gasteiger partial charge on any atom is -0.392 e. The normalized spacial score (nSPS) is 17.5. The molecular formula is C17H28N2O. The Morgan fingerprint density at radius 2 is 1.80 bits per heavy atom. The van der Waals surface area contributed by atoms with Gasteiger partial charge in [-0.2, -0.15) is 0 Å². The highest BCUT2D eigenvalue weighted by atomic mass is 16.3. The second-order valence-corrected chi connectivity index (χ2v) is 5.79. The molecule has 1 fully saturated rings. The number of hydrogen-bond acceptors (Lipinski definition) is 3. The van der Waals surface area contributed by atoms with Crippen molar-refractivity contribution in [2.45, 2.75) is 45.3 Å². The fraction of sp³-hybridized carbons (Fsp3) is 0.647. The van der Waals surface area contributed by atoms with Crippen molar-refractivity contribution in [2.24, 2.45) is 0 Å². The molecule has 3 nitrogen and oxygen atoms in total. The highest BCUT2D eigenvalue weighted by Crippen LogP contribution is 2.11. The SMILES string of the molecule is CCCN1CCC(NCCc2ccc(CO)cc2)CC1. The molecule has 0 spiro atoms. The molecule has 1 heterocycles. The van der Waals surface area contributed by atoms with E-state index in [1.807, 2.05) is 12.1 Å². The van der Waals surface area contributed by atoms with Crippen LogP contribution in [0, 0.1) is 0 Å². The van der Waals surface area contributed by atoms with Crippen LogP contribution >= 0.6 is 0 Å². The van der Waals surface area contributed by atoms with Gasteiger partial charge in [0.2, 0.25) is 0 Å². The summed E-state index contributed by atoms with van der Waals surface area (Å²) >= 11 is 0. The Balaban J connectivity index is 1.63. The fourth-order valence-electron chi connectivity index (χ4n) is 2.91. The molecule has 1 saturated heterocycles. The Hall–Kier alpha value is -0.900. The molecule has 2 N–H and O–H groups in total. The largest absolute Gasteiger partial charge is 0.392 e. The monoisotopic (exact) mass is 276 g/mol. The van der Waals surface area contributed by atoms with Crippen LogP contribution in [0.5, 0.6) is 0 Å². The average molecular weight is 276 g/mol. The van der Waals surface area contributed by atoms with E-state index in [0.29, 0.717) is 6.04 Å². The fourth-order valence-corrected chi connectivity index (χ4v) is 2.91. The zero-order valence-corrected chi connectivity index (χ0v) is 12.6. The summed E-state index contributed by atoms with van der Waals surface area (Å²) in [5, 5.41) is 12.7. The van der Waals surface area contributed by atoms with Crippen LogP contribution in [-0.4, -0.2) is 42.2 Å². The number of aliphatic hydroxyl groups is 1. The van der Waals surface area contributed by atoms with Gasteiger partial charge in [0, 0.05) is 6.04 Å². The van der Waals surface area contributed by atoms with Crippen LogP contribution in [0.1, 0.15) is 37.3 Å². The molecule has 3 heteroatoms. The summed E-state index contributed by atoms with van der Waals surface area (Å²) in [5.41, 5.74) is 2.34. The van der Waals surface area contributed by atoms with E-state index in [9.17, 15) is 0 Å². The van der Waals surface area contributed by atoms with Gasteiger partial charge in [0.1, 0.15) is 0 Å². The molecule has 0 aromatic heterocycles. The molecule has 1 aliphatic rings. The minimum absolute atomic E-state index is 0.134. The molecule has 0 atom stereocenters. The van der Waals surface area contributed by atoms with Crippen LogP contribution < -0.4 is 5.32 Å². The van der Waals surface area contributed by atoms with E-state index in [1.54, 1.807) is 0 Å². The Morgan fingerprint density at radius 3 is 2.40 bits per heavy atom. The Bertz CT molecular complexity index is 369. The molecular weight excluding hydrogens is 248 g/mol. The van der Waals surface area contributed by atoms with Crippen LogP contribution in [0.15, 0.2) is 24.3 Å². The second-order valence-electron chi connectivity index (χ2n) is 5.79. The number of nitrogens with zero attached hydrogens (tertiary/aromatic N) is 1. The summed E-state index contributed by atoms with van der Waals surface area (Å²) in [6.07, 6.45) is 4.90. The maximum atomic E-state index is 9.02. The first-order chi connectivity index (χ1) is 9.81. The lowest BCUT2D eigenvalue weighted by molar-refractivity contribution is 0.198. The predicted molar refractivity (Wildman–Crippen MR) is 83.8 cm³/mol. The Morgan fingerprint density at radius 1 is 1.15 bits per heavy atom. The molecule has 1 aromatic carbocycles. The molecule has 20 heavy (non-hydrogen) atoms. The maximum Gasteiger partial charge on any atom is 0.0681 e. The third-order valence-electron chi connectivity index (χ3n) is 4.18. The summed E-state index contributed by atoms with van der Waals surface area (Å²) in [6, 6.07) is 8.96. The first-order valence-corrected chi connectivity index (χ1v) is 7.96. The Kier molecular flexibility index (Phi) is 6.51. The molecule has 0 amide bonds. The number of benzene rings is 1. The molecule has 0 saturated carbocycles. The average Bonchev–Trinajstić information content (AvgIpc) is 2.50. The first-order valence-electron chi connectivity index (χ1n) is 7.96. The lowest BCUT2D eigenvalue weighted by atomic mass is 10.0. The van der Waals surface area contributed by atoms with Crippen molar-refractivity contribution in [3.05, 3.63) is 35.4 Å². The molecule has 2 rings (SSSR count). The summed E-state index contributed by atoms with van der Waals surface area (Å²) in [7, 11) is 0. The van der Waals surface area contributed by atoms with Crippen LogP contribution in [0.25, 0.3) is 0 Å². The third-order valence-corrected chi connectivity index (χ3v) is 4.18. The van der Waals surface area contributed by atoms with Gasteiger partial charge >= 0.3 is 0 Å². The molecule has 1 aliphatic heterocycles. The van der Waals surface area contributed by atoms with E-state index in [-0.39, 0.29) is 6.61 Å². The second kappa shape index (κ2) is 8.40. The van der Waals surface area contributed by atoms with Crippen LogP contribution in [-0.2, 0) is 13.0 Å². The van der Waals surface area contributed by atoms with Gasteiger partial charge in [-0.05, 0) is 63.0 Å². The number of nitrogens with one attached hydrogen (secondary N) is 1. The number of piperidine rings is 1. The zero-order chi connectivity index (χ0) is 14.2. The van der Waals surface area contributed by atoms with Crippen molar-refractivity contribution >= 4 is 0 Å². The maximum absolute atomic E-state index is 9.02. The van der Waals surface area contributed by atoms with E-state index in [0.717, 1.165) is 18.5 Å². The molecule has 112 valence electrons. The van der Waals surface area contributed by atoms with Gasteiger partial charge in [0.25, 0.3) is 0 Å². The van der Waals surface area contributed by atoms with E-state index in [2.05, 4.69) is 29.3 Å². The van der Waals surface area contributed by atoms with Crippen molar-refractivity contribution in [3.63, 3.8) is 0 Å².